The first kappa shape index (κ1) is 10.6. The largest absolute Gasteiger partial charge is 0.330 e. The molecule has 84 valence electrons. The van der Waals surface area contributed by atoms with Gasteiger partial charge in [0.2, 0.25) is 0 Å². The third-order valence-corrected chi connectivity index (χ3v) is 3.21. The Bertz CT molecular complexity index is 312. The Kier molecular flexibility index (Phi) is 3.38. The second-order valence-corrected chi connectivity index (χ2v) is 4.22. The Morgan fingerprint density at radius 3 is 2.93 bits per heavy atom. The maximum atomic E-state index is 5.57. The molecule has 1 aliphatic heterocycles. The van der Waals surface area contributed by atoms with E-state index in [9.17, 15) is 0 Å². The third kappa shape index (κ3) is 2.21. The fourth-order valence-corrected chi connectivity index (χ4v) is 2.28. The van der Waals surface area contributed by atoms with Crippen LogP contribution in [0.2, 0.25) is 0 Å². The van der Waals surface area contributed by atoms with Crippen molar-refractivity contribution in [3.8, 4) is 0 Å². The van der Waals surface area contributed by atoms with Gasteiger partial charge in [-0.05, 0) is 51.4 Å². The summed E-state index contributed by atoms with van der Waals surface area (Å²) in [6, 6.07) is 0.581. The van der Waals surface area contributed by atoms with Crippen LogP contribution in [0.25, 0.3) is 0 Å². The highest BCUT2D eigenvalue weighted by Crippen LogP contribution is 2.21. The van der Waals surface area contributed by atoms with Gasteiger partial charge in [-0.25, -0.2) is 0 Å². The summed E-state index contributed by atoms with van der Waals surface area (Å²) in [5.41, 5.74) is 8.17. The van der Waals surface area contributed by atoms with Gasteiger partial charge in [0.05, 0.1) is 12.2 Å². The predicted molar refractivity (Wildman–Crippen MR) is 60.9 cm³/mol. The summed E-state index contributed by atoms with van der Waals surface area (Å²) >= 11 is 0. The van der Waals surface area contributed by atoms with Crippen molar-refractivity contribution in [3.63, 3.8) is 0 Å². The van der Waals surface area contributed by atoms with E-state index in [-0.39, 0.29) is 0 Å². The Labute approximate surface area is 90.8 Å². The van der Waals surface area contributed by atoms with Gasteiger partial charge in [0, 0.05) is 5.69 Å². The molecular weight excluding hydrogens is 188 g/mol. The van der Waals surface area contributed by atoms with Crippen LogP contribution in [0.15, 0.2) is 6.20 Å². The van der Waals surface area contributed by atoms with Crippen LogP contribution in [-0.2, 0) is 6.42 Å². The number of piperidine rings is 1. The molecule has 3 N–H and O–H groups in total. The van der Waals surface area contributed by atoms with Gasteiger partial charge < -0.3 is 11.1 Å². The molecule has 0 amide bonds. The van der Waals surface area contributed by atoms with Crippen molar-refractivity contribution >= 4 is 0 Å². The molecule has 1 aromatic rings. The first-order chi connectivity index (χ1) is 7.33. The molecule has 0 spiro atoms. The number of hydrogen-bond acceptors (Lipinski definition) is 3. The van der Waals surface area contributed by atoms with Crippen LogP contribution in [0.1, 0.15) is 30.1 Å². The fourth-order valence-electron chi connectivity index (χ4n) is 2.28. The van der Waals surface area contributed by atoms with Crippen LogP contribution < -0.4 is 11.1 Å². The first-order valence-corrected chi connectivity index (χ1v) is 5.76. The van der Waals surface area contributed by atoms with E-state index in [0.29, 0.717) is 12.6 Å². The zero-order valence-electron chi connectivity index (χ0n) is 9.37. The Morgan fingerprint density at radius 1 is 1.53 bits per heavy atom. The second kappa shape index (κ2) is 4.77. The van der Waals surface area contributed by atoms with Gasteiger partial charge in [0.25, 0.3) is 0 Å². The molecule has 0 saturated carbocycles. The molecule has 2 rings (SSSR count). The van der Waals surface area contributed by atoms with E-state index in [2.05, 4.69) is 22.0 Å². The molecule has 4 heteroatoms. The van der Waals surface area contributed by atoms with Gasteiger partial charge in [-0.3, -0.25) is 4.68 Å². The van der Waals surface area contributed by atoms with Gasteiger partial charge in [-0.1, -0.05) is 0 Å². The van der Waals surface area contributed by atoms with Crippen LogP contribution >= 0.6 is 0 Å². The number of hydrogen-bond donors (Lipinski definition) is 2. The summed E-state index contributed by atoms with van der Waals surface area (Å²) in [7, 11) is 0. The van der Waals surface area contributed by atoms with Gasteiger partial charge >= 0.3 is 0 Å². The summed E-state index contributed by atoms with van der Waals surface area (Å²) in [5.74, 6) is 0. The van der Waals surface area contributed by atoms with Gasteiger partial charge in [0.15, 0.2) is 0 Å². The summed E-state index contributed by atoms with van der Waals surface area (Å²) in [4.78, 5) is 0. The molecule has 0 atom stereocenters. The monoisotopic (exact) mass is 208 g/mol. The highest BCUT2D eigenvalue weighted by Gasteiger charge is 2.18. The van der Waals surface area contributed by atoms with Crippen LogP contribution in [0.5, 0.6) is 0 Å². The van der Waals surface area contributed by atoms with Crippen LogP contribution in [0.3, 0.4) is 0 Å². The molecule has 4 nitrogen and oxygen atoms in total. The van der Waals surface area contributed by atoms with Gasteiger partial charge in [-0.2, -0.15) is 5.10 Å². The molecule has 0 radical (unpaired) electrons. The normalized spacial score (nSPS) is 18.3. The minimum Gasteiger partial charge on any atom is -0.330 e. The van der Waals surface area contributed by atoms with Crippen molar-refractivity contribution in [3.05, 3.63) is 17.5 Å². The Hall–Kier alpha value is -0.870. The average Bonchev–Trinajstić information content (AvgIpc) is 2.63. The van der Waals surface area contributed by atoms with E-state index in [1.54, 1.807) is 0 Å². The van der Waals surface area contributed by atoms with Crippen molar-refractivity contribution in [1.82, 2.24) is 15.1 Å². The molecule has 1 aliphatic rings. The molecule has 0 aliphatic carbocycles. The lowest BCUT2D eigenvalue weighted by Gasteiger charge is -2.24. The number of rotatable bonds is 3. The fraction of sp³-hybridized carbons (Fsp3) is 0.727. The molecule has 1 saturated heterocycles. The minimum absolute atomic E-state index is 0.581. The molecule has 0 unspecified atom stereocenters. The number of nitrogens with two attached hydrogens (primary N) is 1. The summed E-state index contributed by atoms with van der Waals surface area (Å²) in [6.45, 7) is 5.07. The summed E-state index contributed by atoms with van der Waals surface area (Å²) < 4.78 is 2.19. The molecule has 15 heavy (non-hydrogen) atoms. The maximum absolute atomic E-state index is 5.57. The number of aromatic nitrogens is 2. The van der Waals surface area contributed by atoms with Gasteiger partial charge in [0.1, 0.15) is 0 Å². The lowest BCUT2D eigenvalue weighted by molar-refractivity contribution is 0.338. The maximum Gasteiger partial charge on any atom is 0.0546 e. The van der Waals surface area contributed by atoms with Crippen LogP contribution in [0.4, 0.5) is 0 Å². The molecule has 2 heterocycles. The topological polar surface area (TPSA) is 55.9 Å². The highest BCUT2D eigenvalue weighted by molar-refractivity contribution is 5.17. The lowest BCUT2D eigenvalue weighted by Crippen LogP contribution is -2.30. The SMILES string of the molecule is Cc1c(CCN)cnn1C1CCNCC1. The second-order valence-electron chi connectivity index (χ2n) is 4.22. The van der Waals surface area contributed by atoms with Crippen molar-refractivity contribution < 1.29 is 0 Å². The summed E-state index contributed by atoms with van der Waals surface area (Å²) in [6.07, 6.45) is 5.29. The van der Waals surface area contributed by atoms with Crippen molar-refractivity contribution in [1.29, 1.82) is 0 Å². The zero-order valence-corrected chi connectivity index (χ0v) is 9.37. The first-order valence-electron chi connectivity index (χ1n) is 5.76. The highest BCUT2D eigenvalue weighted by atomic mass is 15.3. The number of nitrogens with one attached hydrogen (secondary N) is 1. The lowest BCUT2D eigenvalue weighted by atomic mass is 10.1. The van der Waals surface area contributed by atoms with Crippen LogP contribution in [0, 0.1) is 6.92 Å². The van der Waals surface area contributed by atoms with Crippen molar-refractivity contribution in [2.24, 2.45) is 5.73 Å². The summed E-state index contributed by atoms with van der Waals surface area (Å²) in [5, 5.41) is 7.87. The van der Waals surface area contributed by atoms with Gasteiger partial charge in [-0.15, -0.1) is 0 Å². The molecule has 1 fully saturated rings. The van der Waals surface area contributed by atoms with Crippen molar-refractivity contribution in [2.75, 3.05) is 19.6 Å². The van der Waals surface area contributed by atoms with Crippen LogP contribution in [-0.4, -0.2) is 29.4 Å². The standard InChI is InChI=1S/C11H20N4/c1-9-10(2-5-12)8-14-15(9)11-3-6-13-7-4-11/h8,11,13H,2-7,12H2,1H3. The number of nitrogens with zero attached hydrogens (tertiary/aromatic N) is 2. The quantitative estimate of drug-likeness (QED) is 0.765. The van der Waals surface area contributed by atoms with Crippen molar-refractivity contribution in [2.45, 2.75) is 32.2 Å². The zero-order chi connectivity index (χ0) is 10.7. The van der Waals surface area contributed by atoms with E-state index in [4.69, 9.17) is 5.73 Å². The Balaban J connectivity index is 2.13. The smallest absolute Gasteiger partial charge is 0.0546 e. The molecular formula is C11H20N4. The van der Waals surface area contributed by atoms with E-state index < -0.39 is 0 Å². The van der Waals surface area contributed by atoms with E-state index in [1.807, 2.05) is 6.20 Å². The Morgan fingerprint density at radius 2 is 2.27 bits per heavy atom. The minimum atomic E-state index is 0.581. The van der Waals surface area contributed by atoms with E-state index >= 15 is 0 Å². The van der Waals surface area contributed by atoms with E-state index in [1.165, 1.54) is 24.1 Å². The molecule has 0 bridgehead atoms. The van der Waals surface area contributed by atoms with E-state index in [0.717, 1.165) is 19.5 Å². The third-order valence-electron chi connectivity index (χ3n) is 3.21. The molecule has 0 aromatic carbocycles. The predicted octanol–water partition coefficient (Wildman–Crippen LogP) is 0.617. The average molecular weight is 208 g/mol. The molecule has 1 aromatic heterocycles.